The maximum absolute atomic E-state index is 13.0. The molecule has 0 saturated carbocycles. The van der Waals surface area contributed by atoms with Crippen LogP contribution < -0.4 is 10.2 Å². The summed E-state index contributed by atoms with van der Waals surface area (Å²) < 4.78 is 40.6. The van der Waals surface area contributed by atoms with Crippen LogP contribution in [0.15, 0.2) is 61.4 Å². The summed E-state index contributed by atoms with van der Waals surface area (Å²) in [5, 5.41) is 6.91. The van der Waals surface area contributed by atoms with Gasteiger partial charge in [0.1, 0.15) is 5.52 Å². The number of anilines is 2. The van der Waals surface area contributed by atoms with E-state index >= 15 is 0 Å². The summed E-state index contributed by atoms with van der Waals surface area (Å²) in [5.41, 5.74) is 3.52. The van der Waals surface area contributed by atoms with Crippen LogP contribution in [0.5, 0.6) is 0 Å². The molecular formula is C24H21F3N6O. The number of nitrogens with one attached hydrogen (secondary N) is 1. The molecule has 34 heavy (non-hydrogen) atoms. The van der Waals surface area contributed by atoms with E-state index < -0.39 is 17.6 Å². The molecule has 1 aromatic carbocycles. The summed E-state index contributed by atoms with van der Waals surface area (Å²) in [5.74, 6) is -0.277. The van der Waals surface area contributed by atoms with Crippen LogP contribution in [-0.4, -0.2) is 38.6 Å². The van der Waals surface area contributed by atoms with E-state index in [1.54, 1.807) is 29.2 Å². The predicted molar refractivity (Wildman–Crippen MR) is 121 cm³/mol. The van der Waals surface area contributed by atoms with Crippen molar-refractivity contribution in [1.82, 2.24) is 19.6 Å². The van der Waals surface area contributed by atoms with E-state index in [4.69, 9.17) is 0 Å². The second-order valence-corrected chi connectivity index (χ2v) is 8.35. The average molecular weight is 466 g/mol. The summed E-state index contributed by atoms with van der Waals surface area (Å²) in [7, 11) is 0. The minimum atomic E-state index is -4.53. The molecule has 1 fully saturated rings. The van der Waals surface area contributed by atoms with Crippen molar-refractivity contribution in [2.45, 2.75) is 25.4 Å². The zero-order valence-corrected chi connectivity index (χ0v) is 18.3. The highest BCUT2D eigenvalue weighted by molar-refractivity contribution is 6.04. The van der Waals surface area contributed by atoms with Crippen molar-refractivity contribution in [3.05, 3.63) is 83.7 Å². The van der Waals surface area contributed by atoms with Crippen LogP contribution in [0.25, 0.3) is 5.52 Å². The number of nitrogens with zero attached hydrogens (tertiary/aromatic N) is 5. The van der Waals surface area contributed by atoms with Crippen molar-refractivity contribution < 1.29 is 18.0 Å². The average Bonchev–Trinajstić information content (AvgIpc) is 3.46. The van der Waals surface area contributed by atoms with Crippen LogP contribution in [0.1, 0.15) is 39.4 Å². The van der Waals surface area contributed by atoms with Crippen LogP contribution in [0.2, 0.25) is 0 Å². The number of carbonyl (C=O) groups excluding carboxylic acids is 1. The molecule has 1 saturated heterocycles. The van der Waals surface area contributed by atoms with E-state index in [0.29, 0.717) is 5.56 Å². The maximum atomic E-state index is 13.0. The van der Waals surface area contributed by atoms with Crippen LogP contribution in [0.3, 0.4) is 0 Å². The molecule has 0 bridgehead atoms. The molecule has 5 rings (SSSR count). The van der Waals surface area contributed by atoms with Gasteiger partial charge in [-0.15, -0.1) is 0 Å². The molecular weight excluding hydrogens is 445 g/mol. The van der Waals surface area contributed by atoms with Gasteiger partial charge in [-0.2, -0.15) is 18.3 Å². The van der Waals surface area contributed by atoms with Gasteiger partial charge in [0.05, 0.1) is 35.5 Å². The fourth-order valence-electron chi connectivity index (χ4n) is 4.39. The second kappa shape index (κ2) is 8.44. The minimum Gasteiger partial charge on any atom is -0.368 e. The topological polar surface area (TPSA) is 75.4 Å². The van der Waals surface area contributed by atoms with E-state index in [1.165, 1.54) is 6.20 Å². The first kappa shape index (κ1) is 21.9. The molecule has 0 radical (unpaired) electrons. The van der Waals surface area contributed by atoms with Gasteiger partial charge in [-0.25, -0.2) is 4.52 Å². The lowest BCUT2D eigenvalue weighted by atomic mass is 9.92. The van der Waals surface area contributed by atoms with E-state index in [-0.39, 0.29) is 11.6 Å². The van der Waals surface area contributed by atoms with Crippen molar-refractivity contribution >= 4 is 22.8 Å². The van der Waals surface area contributed by atoms with Crippen LogP contribution >= 0.6 is 0 Å². The number of benzene rings is 1. The number of fused-ring (bicyclic) bond motifs is 1. The number of amides is 1. The molecule has 1 N–H and O–H groups in total. The Morgan fingerprint density at radius 2 is 1.97 bits per heavy atom. The van der Waals surface area contributed by atoms with Crippen LogP contribution in [0, 0.1) is 6.92 Å². The Morgan fingerprint density at radius 3 is 2.79 bits per heavy atom. The van der Waals surface area contributed by atoms with Crippen molar-refractivity contribution in [2.75, 3.05) is 23.3 Å². The van der Waals surface area contributed by atoms with Gasteiger partial charge in [-0.1, -0.05) is 6.07 Å². The van der Waals surface area contributed by atoms with Gasteiger partial charge in [-0.05, 0) is 42.7 Å². The molecule has 4 heterocycles. The molecule has 1 atom stereocenters. The van der Waals surface area contributed by atoms with Crippen LogP contribution in [-0.2, 0) is 6.18 Å². The molecule has 0 aliphatic carbocycles. The van der Waals surface area contributed by atoms with E-state index in [9.17, 15) is 18.0 Å². The van der Waals surface area contributed by atoms with Crippen LogP contribution in [0.4, 0.5) is 24.5 Å². The number of rotatable bonds is 4. The number of pyridine rings is 1. The predicted octanol–water partition coefficient (Wildman–Crippen LogP) is 4.70. The lowest BCUT2D eigenvalue weighted by Gasteiger charge is -2.19. The summed E-state index contributed by atoms with van der Waals surface area (Å²) in [4.78, 5) is 22.9. The van der Waals surface area contributed by atoms with Gasteiger partial charge in [0.15, 0.2) is 0 Å². The first-order valence-corrected chi connectivity index (χ1v) is 10.8. The van der Waals surface area contributed by atoms with Crippen molar-refractivity contribution in [2.24, 2.45) is 0 Å². The number of hydrogen-bond acceptors (Lipinski definition) is 5. The molecule has 1 amide bonds. The zero-order chi connectivity index (χ0) is 23.9. The van der Waals surface area contributed by atoms with Crippen molar-refractivity contribution in [1.29, 1.82) is 0 Å². The molecule has 0 spiro atoms. The second-order valence-electron chi connectivity index (χ2n) is 8.35. The fraction of sp³-hybridized carbons (Fsp3) is 0.250. The number of aryl methyl sites for hydroxylation is 1. The molecule has 1 aliphatic rings. The third-order valence-electron chi connectivity index (χ3n) is 6.14. The Hall–Kier alpha value is -3.95. The Morgan fingerprint density at radius 1 is 1.12 bits per heavy atom. The Kier molecular flexibility index (Phi) is 5.43. The molecule has 174 valence electrons. The molecule has 1 aliphatic heterocycles. The highest BCUT2D eigenvalue weighted by Crippen LogP contribution is 2.35. The van der Waals surface area contributed by atoms with E-state index in [0.717, 1.165) is 54.1 Å². The van der Waals surface area contributed by atoms with E-state index in [1.807, 2.05) is 25.3 Å². The molecule has 3 aromatic heterocycles. The van der Waals surface area contributed by atoms with Crippen molar-refractivity contribution in [3.8, 4) is 0 Å². The Balaban J connectivity index is 1.35. The lowest BCUT2D eigenvalue weighted by Crippen LogP contribution is -2.19. The summed E-state index contributed by atoms with van der Waals surface area (Å²) >= 11 is 0. The standard InChI is InChI=1S/C24H21F3N6O/c1-15-2-3-16(23(34)31-19-9-18(10-29-11-19)24(25,26)27)8-20(15)17-4-6-32(14-17)21-13-30-33-7-5-28-12-22(21)33/h2-3,5,7-13,17H,4,6,14H2,1H3,(H,31,34). The van der Waals surface area contributed by atoms with Gasteiger partial charge < -0.3 is 10.2 Å². The van der Waals surface area contributed by atoms with Crippen molar-refractivity contribution in [3.63, 3.8) is 0 Å². The normalized spacial score (nSPS) is 16.2. The maximum Gasteiger partial charge on any atom is 0.417 e. The largest absolute Gasteiger partial charge is 0.417 e. The highest BCUT2D eigenvalue weighted by atomic mass is 19.4. The van der Waals surface area contributed by atoms with Gasteiger partial charge in [0.2, 0.25) is 0 Å². The third kappa shape index (κ3) is 4.18. The quantitative estimate of drug-likeness (QED) is 0.472. The summed E-state index contributed by atoms with van der Waals surface area (Å²) in [6.45, 7) is 3.60. The van der Waals surface area contributed by atoms with E-state index in [2.05, 4.69) is 25.3 Å². The molecule has 1 unspecified atom stereocenters. The summed E-state index contributed by atoms with van der Waals surface area (Å²) in [6, 6.07) is 6.26. The molecule has 4 aromatic rings. The number of aromatic nitrogens is 4. The van der Waals surface area contributed by atoms with Gasteiger partial charge in [-0.3, -0.25) is 14.8 Å². The zero-order valence-electron chi connectivity index (χ0n) is 18.3. The fourth-order valence-corrected chi connectivity index (χ4v) is 4.39. The number of carbonyl (C=O) groups is 1. The Bertz CT molecular complexity index is 1370. The minimum absolute atomic E-state index is 0.00399. The molecule has 7 nitrogen and oxygen atoms in total. The Labute approximate surface area is 193 Å². The van der Waals surface area contributed by atoms with Gasteiger partial charge >= 0.3 is 6.18 Å². The first-order valence-electron chi connectivity index (χ1n) is 10.8. The highest BCUT2D eigenvalue weighted by Gasteiger charge is 2.31. The van der Waals surface area contributed by atoms with Gasteiger partial charge in [0, 0.05) is 43.2 Å². The lowest BCUT2D eigenvalue weighted by molar-refractivity contribution is -0.137. The number of halogens is 3. The third-order valence-corrected chi connectivity index (χ3v) is 6.14. The number of hydrogen-bond donors (Lipinski definition) is 1. The smallest absolute Gasteiger partial charge is 0.368 e. The monoisotopic (exact) mass is 466 g/mol. The first-order chi connectivity index (χ1) is 16.3. The molecule has 10 heteroatoms. The SMILES string of the molecule is Cc1ccc(C(=O)Nc2cncc(C(F)(F)F)c2)cc1C1CCN(c2cnn3ccncc23)C1. The number of alkyl halides is 3. The van der Waals surface area contributed by atoms with Gasteiger partial charge in [0.25, 0.3) is 5.91 Å². The summed E-state index contributed by atoms with van der Waals surface area (Å²) in [6.07, 6.45) is 5.41.